The molecule has 5 heteroatoms. The van der Waals surface area contributed by atoms with Crippen molar-refractivity contribution >= 4 is 18.0 Å². The zero-order chi connectivity index (χ0) is 18.1. The summed E-state index contributed by atoms with van der Waals surface area (Å²) < 4.78 is 10.7. The normalized spacial score (nSPS) is 10.9. The van der Waals surface area contributed by atoms with Gasteiger partial charge in [0.15, 0.2) is 0 Å². The fourth-order valence-electron chi connectivity index (χ4n) is 2.06. The van der Waals surface area contributed by atoms with Crippen LogP contribution >= 0.6 is 0 Å². The van der Waals surface area contributed by atoms with E-state index in [0.29, 0.717) is 5.75 Å². The van der Waals surface area contributed by atoms with E-state index >= 15 is 0 Å². The first kappa shape index (κ1) is 18.3. The molecule has 1 amide bonds. The lowest BCUT2D eigenvalue weighted by atomic mass is 10.2. The van der Waals surface area contributed by atoms with Crippen molar-refractivity contribution in [2.24, 2.45) is 0 Å². The SMILES string of the molecule is CC(=O)N/C(=C\c1ccccc1)C(=O)OCCOc1ccc(C)cc1. The van der Waals surface area contributed by atoms with Gasteiger partial charge in [-0.05, 0) is 30.7 Å². The van der Waals surface area contributed by atoms with Crippen LogP contribution in [-0.2, 0) is 14.3 Å². The number of carbonyl (C=O) groups excluding carboxylic acids is 2. The Labute approximate surface area is 147 Å². The standard InChI is InChI=1S/C20H21NO4/c1-15-8-10-18(11-9-15)24-12-13-25-20(23)19(21-16(2)22)14-17-6-4-3-5-7-17/h3-11,14H,12-13H2,1-2H3,(H,21,22)/b19-14-. The van der Waals surface area contributed by atoms with Gasteiger partial charge >= 0.3 is 5.97 Å². The molecule has 0 fully saturated rings. The Morgan fingerprint density at radius 2 is 1.68 bits per heavy atom. The van der Waals surface area contributed by atoms with Crippen molar-refractivity contribution in [3.8, 4) is 5.75 Å². The monoisotopic (exact) mass is 339 g/mol. The number of amides is 1. The van der Waals surface area contributed by atoms with Gasteiger partial charge in [-0.25, -0.2) is 4.79 Å². The molecule has 0 aromatic heterocycles. The zero-order valence-electron chi connectivity index (χ0n) is 14.3. The second-order valence-electron chi connectivity index (χ2n) is 5.45. The molecule has 2 aromatic rings. The van der Waals surface area contributed by atoms with Crippen LogP contribution < -0.4 is 10.1 Å². The Kier molecular flexibility index (Phi) is 6.77. The molecule has 2 aromatic carbocycles. The third kappa shape index (κ3) is 6.51. The molecular formula is C20H21NO4. The minimum absolute atomic E-state index is 0.0818. The molecule has 0 saturated carbocycles. The summed E-state index contributed by atoms with van der Waals surface area (Å²) >= 11 is 0. The summed E-state index contributed by atoms with van der Waals surface area (Å²) in [4.78, 5) is 23.5. The van der Waals surface area contributed by atoms with Crippen LogP contribution in [0.15, 0.2) is 60.3 Å². The molecular weight excluding hydrogens is 318 g/mol. The maximum atomic E-state index is 12.2. The summed E-state index contributed by atoms with van der Waals surface area (Å²) in [5, 5.41) is 2.50. The van der Waals surface area contributed by atoms with Gasteiger partial charge in [-0.2, -0.15) is 0 Å². The Hall–Kier alpha value is -3.08. The van der Waals surface area contributed by atoms with Crippen molar-refractivity contribution in [1.82, 2.24) is 5.32 Å². The number of carbonyl (C=O) groups is 2. The van der Waals surface area contributed by atoms with Crippen LogP contribution in [-0.4, -0.2) is 25.1 Å². The number of benzene rings is 2. The fraction of sp³-hybridized carbons (Fsp3) is 0.200. The van der Waals surface area contributed by atoms with Crippen molar-refractivity contribution in [3.63, 3.8) is 0 Å². The van der Waals surface area contributed by atoms with Gasteiger partial charge in [0.25, 0.3) is 0 Å². The van der Waals surface area contributed by atoms with Gasteiger partial charge in [0.1, 0.15) is 24.7 Å². The van der Waals surface area contributed by atoms with Gasteiger partial charge in [-0.3, -0.25) is 4.79 Å². The summed E-state index contributed by atoms with van der Waals surface area (Å²) in [6, 6.07) is 16.8. The molecule has 5 nitrogen and oxygen atoms in total. The average molecular weight is 339 g/mol. The second-order valence-corrected chi connectivity index (χ2v) is 5.45. The number of nitrogens with one attached hydrogen (secondary N) is 1. The number of esters is 1. The van der Waals surface area contributed by atoms with Gasteiger partial charge < -0.3 is 14.8 Å². The first-order valence-corrected chi connectivity index (χ1v) is 7.95. The maximum Gasteiger partial charge on any atom is 0.354 e. The van der Waals surface area contributed by atoms with E-state index in [2.05, 4.69) is 5.32 Å². The lowest BCUT2D eigenvalue weighted by molar-refractivity contribution is -0.141. The first-order chi connectivity index (χ1) is 12.0. The van der Waals surface area contributed by atoms with Crippen LogP contribution in [0, 0.1) is 6.92 Å². The average Bonchev–Trinajstić information content (AvgIpc) is 2.60. The van der Waals surface area contributed by atoms with Crippen LogP contribution in [0.5, 0.6) is 5.75 Å². The van der Waals surface area contributed by atoms with Crippen molar-refractivity contribution in [3.05, 3.63) is 71.4 Å². The Morgan fingerprint density at radius 1 is 1.00 bits per heavy atom. The highest BCUT2D eigenvalue weighted by atomic mass is 16.6. The lowest BCUT2D eigenvalue weighted by Gasteiger charge is -2.10. The van der Waals surface area contributed by atoms with Gasteiger partial charge in [0, 0.05) is 6.92 Å². The fourth-order valence-corrected chi connectivity index (χ4v) is 2.06. The smallest absolute Gasteiger partial charge is 0.354 e. The minimum Gasteiger partial charge on any atom is -0.490 e. The molecule has 0 aliphatic rings. The summed E-state index contributed by atoms with van der Waals surface area (Å²) in [6.07, 6.45) is 1.57. The highest BCUT2D eigenvalue weighted by molar-refractivity contribution is 5.97. The molecule has 0 bridgehead atoms. The summed E-state index contributed by atoms with van der Waals surface area (Å²) in [6.45, 7) is 3.65. The van der Waals surface area contributed by atoms with E-state index in [4.69, 9.17) is 9.47 Å². The molecule has 0 heterocycles. The summed E-state index contributed by atoms with van der Waals surface area (Å²) in [5.41, 5.74) is 2.03. The van der Waals surface area contributed by atoms with Crippen molar-refractivity contribution in [2.45, 2.75) is 13.8 Å². The number of hydrogen-bond acceptors (Lipinski definition) is 4. The quantitative estimate of drug-likeness (QED) is 0.478. The second kappa shape index (κ2) is 9.27. The molecule has 0 unspecified atom stereocenters. The predicted molar refractivity (Wildman–Crippen MR) is 95.9 cm³/mol. The topological polar surface area (TPSA) is 64.6 Å². The zero-order valence-corrected chi connectivity index (χ0v) is 14.3. The van der Waals surface area contributed by atoms with Gasteiger partial charge in [-0.1, -0.05) is 48.0 Å². The molecule has 1 N–H and O–H groups in total. The molecule has 0 saturated heterocycles. The first-order valence-electron chi connectivity index (χ1n) is 7.95. The highest BCUT2D eigenvalue weighted by Gasteiger charge is 2.12. The molecule has 0 atom stereocenters. The van der Waals surface area contributed by atoms with E-state index in [9.17, 15) is 9.59 Å². The van der Waals surface area contributed by atoms with Crippen molar-refractivity contribution < 1.29 is 19.1 Å². The number of ether oxygens (including phenoxy) is 2. The van der Waals surface area contributed by atoms with Crippen LogP contribution in [0.2, 0.25) is 0 Å². The van der Waals surface area contributed by atoms with Crippen molar-refractivity contribution in [2.75, 3.05) is 13.2 Å². The number of hydrogen-bond donors (Lipinski definition) is 1. The molecule has 25 heavy (non-hydrogen) atoms. The van der Waals surface area contributed by atoms with E-state index in [-0.39, 0.29) is 24.8 Å². The minimum atomic E-state index is -0.605. The van der Waals surface area contributed by atoms with Crippen molar-refractivity contribution in [1.29, 1.82) is 0 Å². The van der Waals surface area contributed by atoms with Crippen LogP contribution in [0.1, 0.15) is 18.1 Å². The van der Waals surface area contributed by atoms with Crippen LogP contribution in [0.4, 0.5) is 0 Å². The van der Waals surface area contributed by atoms with Gasteiger partial charge in [0.05, 0.1) is 0 Å². The Bertz CT molecular complexity index is 736. The molecule has 130 valence electrons. The molecule has 0 radical (unpaired) electrons. The maximum absolute atomic E-state index is 12.2. The highest BCUT2D eigenvalue weighted by Crippen LogP contribution is 2.11. The Balaban J connectivity index is 1.89. The van der Waals surface area contributed by atoms with Crippen LogP contribution in [0.3, 0.4) is 0 Å². The van der Waals surface area contributed by atoms with Crippen LogP contribution in [0.25, 0.3) is 6.08 Å². The van der Waals surface area contributed by atoms with E-state index in [0.717, 1.165) is 11.1 Å². The molecule has 2 rings (SSSR count). The number of rotatable bonds is 7. The van der Waals surface area contributed by atoms with Gasteiger partial charge in [-0.15, -0.1) is 0 Å². The number of aryl methyl sites for hydroxylation is 1. The third-order valence-corrected chi connectivity index (χ3v) is 3.25. The molecule has 0 aliphatic heterocycles. The van der Waals surface area contributed by atoms with E-state index in [1.54, 1.807) is 6.08 Å². The predicted octanol–water partition coefficient (Wildman–Crippen LogP) is 3.09. The lowest BCUT2D eigenvalue weighted by Crippen LogP contribution is -2.27. The van der Waals surface area contributed by atoms with E-state index in [1.165, 1.54) is 6.92 Å². The summed E-state index contributed by atoms with van der Waals surface area (Å²) in [5.74, 6) is -0.231. The van der Waals surface area contributed by atoms with E-state index < -0.39 is 5.97 Å². The largest absolute Gasteiger partial charge is 0.490 e. The molecule has 0 aliphatic carbocycles. The molecule has 0 spiro atoms. The van der Waals surface area contributed by atoms with E-state index in [1.807, 2.05) is 61.5 Å². The Morgan fingerprint density at radius 3 is 2.32 bits per heavy atom. The van der Waals surface area contributed by atoms with Gasteiger partial charge in [0.2, 0.25) is 5.91 Å². The third-order valence-electron chi connectivity index (χ3n) is 3.25. The summed E-state index contributed by atoms with van der Waals surface area (Å²) in [7, 11) is 0.